The van der Waals surface area contributed by atoms with Gasteiger partial charge in [0.25, 0.3) is 0 Å². The maximum Gasteiger partial charge on any atom is 0.243 e. The van der Waals surface area contributed by atoms with Gasteiger partial charge in [-0.25, -0.2) is 4.99 Å². The van der Waals surface area contributed by atoms with Gasteiger partial charge in [0.1, 0.15) is 12.3 Å². The first-order chi connectivity index (χ1) is 13.9. The molecule has 1 unspecified atom stereocenters. The van der Waals surface area contributed by atoms with Crippen molar-refractivity contribution in [3.8, 4) is 5.75 Å². The van der Waals surface area contributed by atoms with Crippen molar-refractivity contribution in [1.29, 1.82) is 0 Å². The van der Waals surface area contributed by atoms with Crippen molar-refractivity contribution in [2.45, 2.75) is 32.7 Å². The van der Waals surface area contributed by atoms with Crippen LogP contribution in [-0.4, -0.2) is 75.6 Å². The summed E-state index contributed by atoms with van der Waals surface area (Å²) in [6.07, 6.45) is 2.47. The summed E-state index contributed by atoms with van der Waals surface area (Å²) in [5, 5.41) is 6.83. The molecule has 29 heavy (non-hydrogen) atoms. The third-order valence-corrected chi connectivity index (χ3v) is 5.09. The minimum absolute atomic E-state index is 0.0121. The van der Waals surface area contributed by atoms with E-state index >= 15 is 0 Å². The molecule has 1 amide bonds. The SMILES string of the molecule is COc1ccc(C(CNC(=NCC(=O)N(C)C)NCC(C)C)N2CCCC2)cc1. The van der Waals surface area contributed by atoms with E-state index in [0.29, 0.717) is 11.9 Å². The summed E-state index contributed by atoms with van der Waals surface area (Å²) >= 11 is 0. The van der Waals surface area contributed by atoms with Gasteiger partial charge in [0, 0.05) is 27.2 Å². The Morgan fingerprint density at radius 1 is 1.14 bits per heavy atom. The Labute approximate surface area is 175 Å². The number of guanidine groups is 1. The quantitative estimate of drug-likeness (QED) is 0.488. The second kappa shape index (κ2) is 11.7. The van der Waals surface area contributed by atoms with Crippen LogP contribution in [0, 0.1) is 5.92 Å². The lowest BCUT2D eigenvalue weighted by molar-refractivity contribution is -0.127. The summed E-state index contributed by atoms with van der Waals surface area (Å²) in [5.74, 6) is 2.03. The number of amides is 1. The van der Waals surface area contributed by atoms with Crippen molar-refractivity contribution in [2.24, 2.45) is 10.9 Å². The number of likely N-dealkylation sites (tertiary alicyclic amines) is 1. The molecule has 2 rings (SSSR count). The maximum atomic E-state index is 12.0. The number of nitrogens with zero attached hydrogens (tertiary/aromatic N) is 3. The fourth-order valence-corrected chi connectivity index (χ4v) is 3.29. The Bertz CT molecular complexity index is 652. The van der Waals surface area contributed by atoms with Gasteiger partial charge in [0.2, 0.25) is 5.91 Å². The molecule has 1 fully saturated rings. The number of ether oxygens (including phenoxy) is 1. The van der Waals surface area contributed by atoms with Gasteiger partial charge < -0.3 is 20.3 Å². The van der Waals surface area contributed by atoms with Crippen LogP contribution in [-0.2, 0) is 4.79 Å². The molecule has 1 saturated heterocycles. The van der Waals surface area contributed by atoms with Crippen molar-refractivity contribution in [2.75, 3.05) is 53.9 Å². The molecule has 1 aliphatic rings. The summed E-state index contributed by atoms with van der Waals surface area (Å²) in [6, 6.07) is 8.55. The van der Waals surface area contributed by atoms with E-state index in [9.17, 15) is 4.79 Å². The van der Waals surface area contributed by atoms with Crippen LogP contribution in [0.4, 0.5) is 0 Å². The Balaban J connectivity index is 2.10. The number of nitrogens with one attached hydrogen (secondary N) is 2. The number of hydrogen-bond acceptors (Lipinski definition) is 4. The number of carbonyl (C=O) groups excluding carboxylic acids is 1. The Hall–Kier alpha value is -2.28. The highest BCUT2D eigenvalue weighted by atomic mass is 16.5. The van der Waals surface area contributed by atoms with Crippen molar-refractivity contribution >= 4 is 11.9 Å². The molecule has 162 valence electrons. The van der Waals surface area contributed by atoms with Crippen LogP contribution < -0.4 is 15.4 Å². The number of hydrogen-bond donors (Lipinski definition) is 2. The van der Waals surface area contributed by atoms with Gasteiger partial charge in [-0.3, -0.25) is 9.69 Å². The monoisotopic (exact) mass is 403 g/mol. The topological polar surface area (TPSA) is 69.2 Å². The number of benzene rings is 1. The molecule has 7 heteroatoms. The molecule has 7 nitrogen and oxygen atoms in total. The number of carbonyl (C=O) groups is 1. The molecule has 1 heterocycles. The van der Waals surface area contributed by atoms with Gasteiger partial charge in [0.15, 0.2) is 5.96 Å². The number of methoxy groups -OCH3 is 1. The average Bonchev–Trinajstić information content (AvgIpc) is 3.24. The highest BCUT2D eigenvalue weighted by Gasteiger charge is 2.24. The highest BCUT2D eigenvalue weighted by molar-refractivity contribution is 5.84. The van der Waals surface area contributed by atoms with E-state index in [1.807, 2.05) is 12.1 Å². The molecule has 0 aliphatic carbocycles. The van der Waals surface area contributed by atoms with Gasteiger partial charge in [-0.1, -0.05) is 26.0 Å². The summed E-state index contributed by atoms with van der Waals surface area (Å²) in [7, 11) is 5.19. The number of likely N-dealkylation sites (N-methyl/N-ethyl adjacent to an activating group) is 1. The van der Waals surface area contributed by atoms with Crippen LogP contribution in [0.5, 0.6) is 5.75 Å². The molecule has 0 radical (unpaired) electrons. The van der Waals surface area contributed by atoms with Gasteiger partial charge in [-0.15, -0.1) is 0 Å². The second-order valence-electron chi connectivity index (χ2n) is 8.14. The number of rotatable bonds is 9. The average molecular weight is 404 g/mol. The molecule has 0 aromatic heterocycles. The predicted molar refractivity (Wildman–Crippen MR) is 118 cm³/mol. The van der Waals surface area contributed by atoms with E-state index in [4.69, 9.17) is 4.74 Å². The van der Waals surface area contributed by atoms with E-state index in [1.165, 1.54) is 18.4 Å². The molecular formula is C22H37N5O2. The third kappa shape index (κ3) is 7.57. The predicted octanol–water partition coefficient (Wildman–Crippen LogP) is 2.11. The Morgan fingerprint density at radius 3 is 2.31 bits per heavy atom. The van der Waals surface area contributed by atoms with Gasteiger partial charge in [-0.05, 0) is 49.5 Å². The zero-order chi connectivity index (χ0) is 21.2. The lowest BCUT2D eigenvalue weighted by Crippen LogP contribution is -2.44. The first-order valence-corrected chi connectivity index (χ1v) is 10.5. The third-order valence-electron chi connectivity index (χ3n) is 5.09. The first kappa shape index (κ1) is 23.0. The van der Waals surface area contributed by atoms with Gasteiger partial charge in [0.05, 0.1) is 13.2 Å². The van der Waals surface area contributed by atoms with Crippen molar-refractivity contribution in [3.05, 3.63) is 29.8 Å². The highest BCUT2D eigenvalue weighted by Crippen LogP contribution is 2.26. The fraction of sp³-hybridized carbons (Fsp3) is 0.636. The minimum atomic E-state index is -0.0121. The largest absolute Gasteiger partial charge is 0.497 e. The summed E-state index contributed by atoms with van der Waals surface area (Å²) in [5.41, 5.74) is 1.26. The van der Waals surface area contributed by atoms with Gasteiger partial charge >= 0.3 is 0 Å². The van der Waals surface area contributed by atoms with Crippen molar-refractivity contribution in [1.82, 2.24) is 20.4 Å². The summed E-state index contributed by atoms with van der Waals surface area (Å²) in [6.45, 7) is 8.18. The molecule has 0 saturated carbocycles. The number of aliphatic imine (C=N–C) groups is 1. The molecule has 2 N–H and O–H groups in total. The molecule has 1 atom stereocenters. The van der Waals surface area contributed by atoms with Crippen LogP contribution in [0.3, 0.4) is 0 Å². The van der Waals surface area contributed by atoms with E-state index in [-0.39, 0.29) is 18.5 Å². The van der Waals surface area contributed by atoms with Crippen LogP contribution in [0.15, 0.2) is 29.3 Å². The van der Waals surface area contributed by atoms with Crippen LogP contribution in [0.25, 0.3) is 0 Å². The molecule has 0 spiro atoms. The van der Waals surface area contributed by atoms with E-state index in [0.717, 1.165) is 31.9 Å². The molecule has 1 aromatic rings. The normalized spacial score (nSPS) is 16.0. The summed E-state index contributed by atoms with van der Waals surface area (Å²) < 4.78 is 5.31. The second-order valence-corrected chi connectivity index (χ2v) is 8.14. The van der Waals surface area contributed by atoms with E-state index < -0.39 is 0 Å². The molecular weight excluding hydrogens is 366 g/mol. The van der Waals surface area contributed by atoms with Gasteiger partial charge in [-0.2, -0.15) is 0 Å². The zero-order valence-electron chi connectivity index (χ0n) is 18.6. The van der Waals surface area contributed by atoms with Crippen molar-refractivity contribution in [3.63, 3.8) is 0 Å². The minimum Gasteiger partial charge on any atom is -0.497 e. The standard InChI is InChI=1S/C22H37N5O2/c1-17(2)14-23-22(25-16-21(28)26(3)4)24-15-20(27-12-6-7-13-27)18-8-10-19(29-5)11-9-18/h8-11,17,20H,6-7,12-16H2,1-5H3,(H2,23,24,25). The van der Waals surface area contributed by atoms with Crippen molar-refractivity contribution < 1.29 is 9.53 Å². The van der Waals surface area contributed by atoms with E-state index in [2.05, 4.69) is 46.5 Å². The smallest absolute Gasteiger partial charge is 0.243 e. The fourth-order valence-electron chi connectivity index (χ4n) is 3.29. The first-order valence-electron chi connectivity index (χ1n) is 10.5. The maximum absolute atomic E-state index is 12.0. The van der Waals surface area contributed by atoms with E-state index in [1.54, 1.807) is 26.1 Å². The van der Waals surface area contributed by atoms with Crippen LogP contribution in [0.2, 0.25) is 0 Å². The molecule has 1 aliphatic heterocycles. The Kier molecular flexibility index (Phi) is 9.25. The zero-order valence-corrected chi connectivity index (χ0v) is 18.6. The van der Waals surface area contributed by atoms with Crippen LogP contribution >= 0.6 is 0 Å². The molecule has 1 aromatic carbocycles. The lowest BCUT2D eigenvalue weighted by atomic mass is 10.1. The molecule has 0 bridgehead atoms. The summed E-state index contributed by atoms with van der Waals surface area (Å²) in [4.78, 5) is 20.5. The van der Waals surface area contributed by atoms with Crippen LogP contribution in [0.1, 0.15) is 38.3 Å². The lowest BCUT2D eigenvalue weighted by Gasteiger charge is -2.29. The Morgan fingerprint density at radius 2 is 1.76 bits per heavy atom.